The van der Waals surface area contributed by atoms with Crippen LogP contribution in [-0.4, -0.2) is 19.8 Å². The molecule has 1 aromatic carbocycles. The Hall–Kier alpha value is -1.48. The second kappa shape index (κ2) is 7.95. The van der Waals surface area contributed by atoms with E-state index in [1.165, 1.54) is 0 Å². The molecule has 2 rings (SSSR count). The highest BCUT2D eigenvalue weighted by molar-refractivity contribution is 5.39. The maximum Gasteiger partial charge on any atom is 0.124 e. The molecule has 0 spiro atoms. The van der Waals surface area contributed by atoms with Crippen LogP contribution in [0.4, 0.5) is 0 Å². The lowest BCUT2D eigenvalue weighted by molar-refractivity contribution is 0.166. The molecule has 1 N–H and O–H groups in total. The Balaban J connectivity index is 2.27. The number of benzene rings is 1. The van der Waals surface area contributed by atoms with Gasteiger partial charge in [-0.05, 0) is 44.9 Å². The molecule has 0 amide bonds. The summed E-state index contributed by atoms with van der Waals surface area (Å²) >= 11 is 0. The van der Waals surface area contributed by atoms with E-state index in [2.05, 4.69) is 30.4 Å². The van der Waals surface area contributed by atoms with Gasteiger partial charge in [-0.2, -0.15) is 0 Å². The summed E-state index contributed by atoms with van der Waals surface area (Å²) < 4.78 is 11.6. The maximum atomic E-state index is 5.87. The lowest BCUT2D eigenvalue weighted by Gasteiger charge is -2.26. The molecule has 0 aliphatic carbocycles. The molecular formula is C17H25NO2. The molecule has 0 fully saturated rings. The zero-order chi connectivity index (χ0) is 14.2. The Morgan fingerprint density at radius 2 is 2.15 bits per heavy atom. The number of para-hydroxylation sites is 1. The van der Waals surface area contributed by atoms with Crippen molar-refractivity contribution < 1.29 is 9.47 Å². The van der Waals surface area contributed by atoms with Crippen molar-refractivity contribution in [3.05, 3.63) is 41.7 Å². The Morgan fingerprint density at radius 3 is 2.85 bits per heavy atom. The number of hydrogen-bond acceptors (Lipinski definition) is 3. The summed E-state index contributed by atoms with van der Waals surface area (Å²) in [6.45, 7) is 6.65. The first kappa shape index (κ1) is 14.9. The minimum absolute atomic E-state index is 0.0954. The molecule has 0 radical (unpaired) electrons. The Labute approximate surface area is 122 Å². The zero-order valence-electron chi connectivity index (χ0n) is 12.5. The highest BCUT2D eigenvalue weighted by Gasteiger charge is 2.22. The summed E-state index contributed by atoms with van der Waals surface area (Å²) in [6.07, 6.45) is 5.51. The van der Waals surface area contributed by atoms with Crippen molar-refractivity contribution in [1.29, 1.82) is 0 Å². The van der Waals surface area contributed by atoms with Crippen LogP contribution in [0.5, 0.6) is 5.75 Å². The SMILES string of the molecule is CCCNC(C1=CCCCO1)c1ccccc1OCC. The predicted molar refractivity (Wildman–Crippen MR) is 81.9 cm³/mol. The molecule has 1 aliphatic rings. The van der Waals surface area contributed by atoms with Gasteiger partial charge in [0, 0.05) is 5.56 Å². The third-order valence-corrected chi connectivity index (χ3v) is 3.38. The third-order valence-electron chi connectivity index (χ3n) is 3.38. The molecule has 1 atom stereocenters. The Bertz CT molecular complexity index is 442. The summed E-state index contributed by atoms with van der Waals surface area (Å²) in [5.41, 5.74) is 1.16. The number of hydrogen-bond donors (Lipinski definition) is 1. The Morgan fingerprint density at radius 1 is 1.30 bits per heavy atom. The van der Waals surface area contributed by atoms with Crippen LogP contribution in [0.25, 0.3) is 0 Å². The summed E-state index contributed by atoms with van der Waals surface area (Å²) in [4.78, 5) is 0. The van der Waals surface area contributed by atoms with E-state index in [9.17, 15) is 0 Å². The van der Waals surface area contributed by atoms with E-state index in [4.69, 9.17) is 9.47 Å². The smallest absolute Gasteiger partial charge is 0.124 e. The molecular weight excluding hydrogens is 250 g/mol. The highest BCUT2D eigenvalue weighted by atomic mass is 16.5. The van der Waals surface area contributed by atoms with Crippen molar-refractivity contribution in [1.82, 2.24) is 5.32 Å². The molecule has 3 heteroatoms. The summed E-state index contributed by atoms with van der Waals surface area (Å²) in [6, 6.07) is 8.32. The van der Waals surface area contributed by atoms with Crippen LogP contribution in [-0.2, 0) is 4.74 Å². The van der Waals surface area contributed by atoms with Crippen molar-refractivity contribution in [2.75, 3.05) is 19.8 Å². The van der Waals surface area contributed by atoms with Crippen LogP contribution in [0, 0.1) is 0 Å². The quantitative estimate of drug-likeness (QED) is 0.820. The van der Waals surface area contributed by atoms with E-state index in [1.54, 1.807) is 0 Å². The normalized spacial score (nSPS) is 16.2. The Kier molecular flexibility index (Phi) is 5.93. The molecule has 0 saturated carbocycles. The minimum Gasteiger partial charge on any atom is -0.496 e. The van der Waals surface area contributed by atoms with Gasteiger partial charge in [0.15, 0.2) is 0 Å². The van der Waals surface area contributed by atoms with Crippen LogP contribution in [0.2, 0.25) is 0 Å². The zero-order valence-corrected chi connectivity index (χ0v) is 12.5. The van der Waals surface area contributed by atoms with Crippen LogP contribution < -0.4 is 10.1 Å². The van der Waals surface area contributed by atoms with Gasteiger partial charge < -0.3 is 14.8 Å². The van der Waals surface area contributed by atoms with Gasteiger partial charge >= 0.3 is 0 Å². The first-order valence-corrected chi connectivity index (χ1v) is 7.64. The lowest BCUT2D eigenvalue weighted by Crippen LogP contribution is -2.26. The second-order valence-corrected chi connectivity index (χ2v) is 4.96. The van der Waals surface area contributed by atoms with Gasteiger partial charge in [-0.1, -0.05) is 25.1 Å². The van der Waals surface area contributed by atoms with Gasteiger partial charge in [0.1, 0.15) is 11.5 Å². The van der Waals surface area contributed by atoms with E-state index >= 15 is 0 Å². The molecule has 3 nitrogen and oxygen atoms in total. The van der Waals surface area contributed by atoms with Gasteiger partial charge in [0.25, 0.3) is 0 Å². The summed E-state index contributed by atoms with van der Waals surface area (Å²) in [5, 5.41) is 3.58. The first-order valence-electron chi connectivity index (χ1n) is 7.64. The molecule has 0 aromatic heterocycles. The molecule has 0 bridgehead atoms. The molecule has 1 heterocycles. The largest absolute Gasteiger partial charge is 0.496 e. The highest BCUT2D eigenvalue weighted by Crippen LogP contribution is 2.32. The van der Waals surface area contributed by atoms with Gasteiger partial charge in [-0.25, -0.2) is 0 Å². The fourth-order valence-corrected chi connectivity index (χ4v) is 2.44. The van der Waals surface area contributed by atoms with Crippen molar-refractivity contribution in [3.63, 3.8) is 0 Å². The van der Waals surface area contributed by atoms with Gasteiger partial charge in [0.05, 0.1) is 19.3 Å². The van der Waals surface area contributed by atoms with Gasteiger partial charge in [0.2, 0.25) is 0 Å². The molecule has 1 aromatic rings. The van der Waals surface area contributed by atoms with Crippen molar-refractivity contribution in [2.24, 2.45) is 0 Å². The topological polar surface area (TPSA) is 30.5 Å². The van der Waals surface area contributed by atoms with Crippen LogP contribution >= 0.6 is 0 Å². The lowest BCUT2D eigenvalue weighted by atomic mass is 10.0. The summed E-state index contributed by atoms with van der Waals surface area (Å²) in [5.74, 6) is 1.98. The van der Waals surface area contributed by atoms with E-state index < -0.39 is 0 Å². The van der Waals surface area contributed by atoms with Crippen LogP contribution in [0.15, 0.2) is 36.1 Å². The minimum atomic E-state index is 0.0954. The number of nitrogens with one attached hydrogen (secondary N) is 1. The van der Waals surface area contributed by atoms with Gasteiger partial charge in [-0.3, -0.25) is 0 Å². The van der Waals surface area contributed by atoms with E-state index in [0.29, 0.717) is 6.61 Å². The summed E-state index contributed by atoms with van der Waals surface area (Å²) in [7, 11) is 0. The molecule has 1 unspecified atom stereocenters. The maximum absolute atomic E-state index is 5.87. The van der Waals surface area contributed by atoms with Crippen molar-refractivity contribution in [2.45, 2.75) is 39.2 Å². The molecule has 110 valence electrons. The number of rotatable bonds is 7. The standard InChI is InChI=1S/C17H25NO2/c1-3-12-18-17(16-11-7-8-13-20-16)14-9-5-6-10-15(14)19-4-2/h5-6,9-11,17-18H,3-4,7-8,12-13H2,1-2H3. The third kappa shape index (κ3) is 3.76. The first-order chi connectivity index (χ1) is 9.86. The van der Waals surface area contributed by atoms with Crippen LogP contribution in [0.3, 0.4) is 0 Å². The second-order valence-electron chi connectivity index (χ2n) is 4.96. The fraction of sp³-hybridized carbons (Fsp3) is 0.529. The van der Waals surface area contributed by atoms with E-state index in [-0.39, 0.29) is 6.04 Å². The van der Waals surface area contributed by atoms with Crippen LogP contribution in [0.1, 0.15) is 44.7 Å². The predicted octanol–water partition coefficient (Wildman–Crippen LogP) is 3.82. The monoisotopic (exact) mass is 275 g/mol. The number of ether oxygens (including phenoxy) is 2. The molecule has 20 heavy (non-hydrogen) atoms. The number of allylic oxidation sites excluding steroid dienone is 1. The van der Waals surface area contributed by atoms with E-state index in [0.717, 1.165) is 49.5 Å². The van der Waals surface area contributed by atoms with Gasteiger partial charge in [-0.15, -0.1) is 0 Å². The molecule has 0 saturated heterocycles. The van der Waals surface area contributed by atoms with E-state index in [1.807, 2.05) is 19.1 Å². The average Bonchev–Trinajstić information content (AvgIpc) is 2.50. The van der Waals surface area contributed by atoms with Crippen molar-refractivity contribution in [3.8, 4) is 5.75 Å². The fourth-order valence-electron chi connectivity index (χ4n) is 2.44. The van der Waals surface area contributed by atoms with Crippen molar-refractivity contribution >= 4 is 0 Å². The average molecular weight is 275 g/mol. The molecule has 1 aliphatic heterocycles.